The monoisotopic (exact) mass is 203 g/mol. The molecule has 0 bridgehead atoms. The van der Waals surface area contributed by atoms with Crippen molar-refractivity contribution in [3.8, 4) is 0 Å². The van der Waals surface area contributed by atoms with Crippen molar-refractivity contribution < 1.29 is 4.48 Å². The molecule has 0 spiro atoms. The number of hydrogen-bond acceptors (Lipinski definition) is 2. The van der Waals surface area contributed by atoms with Crippen LogP contribution in [-0.4, -0.2) is 28.4 Å². The van der Waals surface area contributed by atoms with Crippen LogP contribution in [0.25, 0.3) is 0 Å². The van der Waals surface area contributed by atoms with E-state index in [1.54, 1.807) is 0 Å². The van der Waals surface area contributed by atoms with Gasteiger partial charge in [-0.3, -0.25) is 0 Å². The molecule has 1 heterocycles. The van der Waals surface area contributed by atoms with Gasteiger partial charge in [0, 0.05) is 4.32 Å². The largest absolute Gasteiger partial charge is 0.370 e. The van der Waals surface area contributed by atoms with Crippen LogP contribution < -0.4 is 0 Å². The Morgan fingerprint density at radius 2 is 1.75 bits per heavy atom. The molecule has 0 radical (unpaired) electrons. The summed E-state index contributed by atoms with van der Waals surface area (Å²) >= 11 is 10.3. The topological polar surface area (TPSA) is 0 Å². The molecule has 3 heteroatoms. The Bertz CT molecular complexity index is 160. The highest BCUT2D eigenvalue weighted by atomic mass is 32.1. The third-order valence-electron chi connectivity index (χ3n) is 2.91. The molecule has 0 atom stereocenters. The van der Waals surface area contributed by atoms with Crippen LogP contribution in [0.4, 0.5) is 0 Å². The van der Waals surface area contributed by atoms with Crippen molar-refractivity contribution in [2.75, 3.05) is 19.6 Å². The van der Waals surface area contributed by atoms with E-state index in [-0.39, 0.29) is 0 Å². The third kappa shape index (κ3) is 2.15. The molecule has 1 aliphatic heterocycles. The van der Waals surface area contributed by atoms with Gasteiger partial charge in [-0.25, -0.2) is 0 Å². The third-order valence-corrected chi connectivity index (χ3v) is 3.69. The van der Waals surface area contributed by atoms with Crippen LogP contribution in [0.3, 0.4) is 0 Å². The molecule has 1 nitrogen and oxygen atoms in total. The van der Waals surface area contributed by atoms with Crippen molar-refractivity contribution >= 4 is 29.2 Å². The van der Waals surface area contributed by atoms with Crippen LogP contribution in [0.15, 0.2) is 0 Å². The minimum absolute atomic E-state index is 0.777. The Labute approximate surface area is 86.1 Å². The highest BCUT2D eigenvalue weighted by molar-refractivity contribution is 7.99. The van der Waals surface area contributed by atoms with Crippen molar-refractivity contribution in [1.82, 2.24) is 0 Å². The van der Waals surface area contributed by atoms with E-state index in [0.717, 1.165) is 15.3 Å². The van der Waals surface area contributed by atoms with Crippen LogP contribution in [0, 0.1) is 0 Å². The summed E-state index contributed by atoms with van der Waals surface area (Å²) < 4.78 is 1.70. The fraction of sp³-hybridized carbons (Fsp3) is 0.889. The van der Waals surface area contributed by atoms with Crippen LogP contribution in [0.5, 0.6) is 0 Å². The molecular formula is C9H17NS2. The maximum atomic E-state index is 5.17. The van der Waals surface area contributed by atoms with Gasteiger partial charge in [0.1, 0.15) is 0 Å². The molecule has 0 aliphatic carbocycles. The average Bonchev–Trinajstić information content (AvgIpc) is 2.29. The van der Waals surface area contributed by atoms with Gasteiger partial charge in [-0.05, 0) is 32.6 Å². The Kier molecular flexibility index (Phi) is 3.87. The highest BCUT2D eigenvalue weighted by Gasteiger charge is 2.25. The molecule has 0 aromatic rings. The first-order valence-electron chi connectivity index (χ1n) is 4.79. The minimum atomic E-state index is 0.777. The fourth-order valence-corrected chi connectivity index (χ4v) is 2.55. The molecule has 12 heavy (non-hydrogen) atoms. The van der Waals surface area contributed by atoms with Crippen LogP contribution in [0.1, 0.15) is 32.6 Å². The van der Waals surface area contributed by atoms with Gasteiger partial charge in [0.2, 0.25) is 0 Å². The second-order valence-electron chi connectivity index (χ2n) is 3.59. The van der Waals surface area contributed by atoms with Crippen LogP contribution >= 0.6 is 12.2 Å². The van der Waals surface area contributed by atoms with E-state index in [0.29, 0.717) is 0 Å². The molecule has 0 saturated carbocycles. The predicted octanol–water partition coefficient (Wildman–Crippen LogP) is 2.23. The first-order chi connectivity index (χ1) is 5.71. The van der Waals surface area contributed by atoms with Crippen molar-refractivity contribution in [2.24, 2.45) is 0 Å². The molecule has 0 N–H and O–H groups in total. The van der Waals surface area contributed by atoms with E-state index in [4.69, 9.17) is 24.8 Å². The van der Waals surface area contributed by atoms with Gasteiger partial charge in [0.15, 0.2) is 0 Å². The standard InChI is InChI=1S/C9H17NS2/c1-2-10(9(11)12)7-5-3-4-6-8-10/h2-8H2,1H3. The molecule has 1 saturated heterocycles. The number of rotatable bonds is 1. The predicted molar refractivity (Wildman–Crippen MR) is 59.0 cm³/mol. The fourth-order valence-electron chi connectivity index (χ4n) is 1.92. The lowest BCUT2D eigenvalue weighted by atomic mass is 10.2. The molecular weight excluding hydrogens is 186 g/mol. The minimum Gasteiger partial charge on any atom is -0.370 e. The second-order valence-corrected chi connectivity index (χ2v) is 4.62. The Morgan fingerprint density at radius 1 is 1.25 bits per heavy atom. The SMILES string of the molecule is CC[N+]1(C(=S)[S-])CCCCCC1. The van der Waals surface area contributed by atoms with E-state index in [2.05, 4.69) is 6.92 Å². The van der Waals surface area contributed by atoms with Crippen molar-refractivity contribution in [3.63, 3.8) is 0 Å². The van der Waals surface area contributed by atoms with Gasteiger partial charge >= 0.3 is 0 Å². The molecule has 0 aromatic heterocycles. The Hall–Kier alpha value is 0.270. The zero-order valence-electron chi connectivity index (χ0n) is 7.71. The Morgan fingerprint density at radius 3 is 2.08 bits per heavy atom. The summed E-state index contributed by atoms with van der Waals surface area (Å²) in [5.74, 6) is 0. The van der Waals surface area contributed by atoms with Crippen molar-refractivity contribution in [2.45, 2.75) is 32.6 Å². The maximum Gasteiger partial charge on any atom is 0.0821 e. The molecule has 1 rings (SSSR count). The van der Waals surface area contributed by atoms with Gasteiger partial charge < -0.3 is 29.3 Å². The summed E-state index contributed by atoms with van der Waals surface area (Å²) in [6.45, 7) is 5.64. The second kappa shape index (κ2) is 4.49. The number of nitrogens with zero attached hydrogens (tertiary/aromatic N) is 1. The molecule has 0 amide bonds. The van der Waals surface area contributed by atoms with Crippen LogP contribution in [-0.2, 0) is 12.6 Å². The normalized spacial score (nSPS) is 23.1. The quantitative estimate of drug-likeness (QED) is 0.364. The van der Waals surface area contributed by atoms with Gasteiger partial charge in [-0.15, -0.1) is 0 Å². The average molecular weight is 203 g/mol. The van der Waals surface area contributed by atoms with E-state index in [1.165, 1.54) is 38.8 Å². The van der Waals surface area contributed by atoms with E-state index < -0.39 is 0 Å². The lowest BCUT2D eigenvalue weighted by molar-refractivity contribution is -0.832. The first kappa shape index (κ1) is 10.4. The molecule has 1 aliphatic rings. The summed E-state index contributed by atoms with van der Waals surface area (Å²) in [6.07, 6.45) is 5.31. The van der Waals surface area contributed by atoms with Crippen molar-refractivity contribution in [3.05, 3.63) is 0 Å². The van der Waals surface area contributed by atoms with Crippen LogP contribution in [0.2, 0.25) is 0 Å². The lowest BCUT2D eigenvalue weighted by Gasteiger charge is -2.39. The smallest absolute Gasteiger partial charge is 0.0821 e. The molecule has 0 unspecified atom stereocenters. The molecule has 0 aromatic carbocycles. The number of thiocarbonyl (C=S) groups is 1. The van der Waals surface area contributed by atoms with E-state index >= 15 is 0 Å². The van der Waals surface area contributed by atoms with Gasteiger partial charge in [0.25, 0.3) is 0 Å². The number of quaternary nitrogens is 1. The molecule has 1 fully saturated rings. The van der Waals surface area contributed by atoms with Crippen molar-refractivity contribution in [1.29, 1.82) is 0 Å². The summed E-state index contributed by atoms with van der Waals surface area (Å²) in [4.78, 5) is 0. The summed E-state index contributed by atoms with van der Waals surface area (Å²) in [6, 6.07) is 0. The zero-order valence-corrected chi connectivity index (χ0v) is 9.35. The lowest BCUT2D eigenvalue weighted by Crippen LogP contribution is -2.51. The highest BCUT2D eigenvalue weighted by Crippen LogP contribution is 2.18. The first-order valence-corrected chi connectivity index (χ1v) is 5.60. The van der Waals surface area contributed by atoms with Gasteiger partial charge in [0.05, 0.1) is 19.6 Å². The summed E-state index contributed by atoms with van der Waals surface area (Å²) in [5, 5.41) is 0. The zero-order chi connectivity index (χ0) is 9.03. The number of likely N-dealkylation sites (tertiary alicyclic amines) is 1. The Balaban J connectivity index is 2.68. The molecule has 70 valence electrons. The number of hydrogen-bond donors (Lipinski definition) is 0. The summed E-state index contributed by atoms with van der Waals surface area (Å²) in [5.41, 5.74) is 0. The summed E-state index contributed by atoms with van der Waals surface area (Å²) in [7, 11) is 0. The van der Waals surface area contributed by atoms with E-state index in [9.17, 15) is 0 Å². The van der Waals surface area contributed by atoms with Gasteiger partial charge in [-0.1, -0.05) is 0 Å². The maximum absolute atomic E-state index is 5.17. The van der Waals surface area contributed by atoms with Gasteiger partial charge in [-0.2, -0.15) is 0 Å². The van der Waals surface area contributed by atoms with E-state index in [1.807, 2.05) is 0 Å².